The first kappa shape index (κ1) is 11.0. The Morgan fingerprint density at radius 1 is 1.47 bits per heavy atom. The molecule has 0 saturated heterocycles. The van der Waals surface area contributed by atoms with Crippen molar-refractivity contribution in [1.82, 2.24) is 5.32 Å². The maximum absolute atomic E-state index is 6.17. The van der Waals surface area contributed by atoms with Crippen molar-refractivity contribution < 1.29 is 0 Å². The van der Waals surface area contributed by atoms with Gasteiger partial charge in [0.15, 0.2) is 0 Å². The summed E-state index contributed by atoms with van der Waals surface area (Å²) < 4.78 is 0. The van der Waals surface area contributed by atoms with Gasteiger partial charge in [-0.05, 0) is 49.8 Å². The second-order valence-corrected chi connectivity index (χ2v) is 5.01. The van der Waals surface area contributed by atoms with Crippen LogP contribution in [0.3, 0.4) is 0 Å². The zero-order valence-electron chi connectivity index (χ0n) is 9.39. The summed E-state index contributed by atoms with van der Waals surface area (Å²) >= 11 is 6.17. The van der Waals surface area contributed by atoms with Crippen LogP contribution < -0.4 is 5.32 Å². The number of rotatable bonds is 4. The molecule has 1 aliphatic rings. The van der Waals surface area contributed by atoms with Gasteiger partial charge in [0.05, 0.1) is 0 Å². The normalized spacial score (nSPS) is 17.8. The summed E-state index contributed by atoms with van der Waals surface area (Å²) in [4.78, 5) is 0. The zero-order chi connectivity index (χ0) is 10.8. The summed E-state index contributed by atoms with van der Waals surface area (Å²) in [6.45, 7) is 5.21. The van der Waals surface area contributed by atoms with E-state index < -0.39 is 0 Å². The molecule has 0 radical (unpaired) electrons. The monoisotopic (exact) mass is 223 g/mol. The number of halogens is 1. The minimum atomic E-state index is 0.627. The third-order valence-electron chi connectivity index (χ3n) is 3.15. The fraction of sp³-hybridized carbons (Fsp3) is 0.538. The van der Waals surface area contributed by atoms with Gasteiger partial charge < -0.3 is 5.32 Å². The van der Waals surface area contributed by atoms with Crippen LogP contribution in [0.4, 0.5) is 0 Å². The molecule has 15 heavy (non-hydrogen) atoms. The maximum atomic E-state index is 6.17. The fourth-order valence-corrected chi connectivity index (χ4v) is 2.13. The quantitative estimate of drug-likeness (QED) is 0.824. The Morgan fingerprint density at radius 3 is 2.80 bits per heavy atom. The van der Waals surface area contributed by atoms with Crippen LogP contribution in [0.15, 0.2) is 18.2 Å². The Morgan fingerprint density at radius 2 is 2.20 bits per heavy atom. The molecule has 0 spiro atoms. The maximum Gasteiger partial charge on any atom is 0.0453 e. The van der Waals surface area contributed by atoms with Crippen LogP contribution >= 0.6 is 11.6 Å². The van der Waals surface area contributed by atoms with Gasteiger partial charge in [0, 0.05) is 17.6 Å². The number of benzene rings is 1. The van der Waals surface area contributed by atoms with Crippen molar-refractivity contribution in [3.63, 3.8) is 0 Å². The Kier molecular flexibility index (Phi) is 3.32. The largest absolute Gasteiger partial charge is 0.310 e. The summed E-state index contributed by atoms with van der Waals surface area (Å²) in [6.07, 6.45) is 2.77. The molecule has 2 heteroatoms. The highest BCUT2D eigenvalue weighted by Gasteiger charge is 2.27. The molecule has 1 fully saturated rings. The van der Waals surface area contributed by atoms with Gasteiger partial charge in [-0.25, -0.2) is 0 Å². The number of hydrogen-bond acceptors (Lipinski definition) is 1. The molecule has 1 atom stereocenters. The molecular formula is C13H18ClN. The Balaban J connectivity index is 1.92. The van der Waals surface area contributed by atoms with E-state index in [0.29, 0.717) is 6.04 Å². The molecule has 1 unspecified atom stereocenters. The van der Waals surface area contributed by atoms with Gasteiger partial charge in [-0.15, -0.1) is 0 Å². The average molecular weight is 224 g/mol. The van der Waals surface area contributed by atoms with E-state index in [0.717, 1.165) is 17.5 Å². The van der Waals surface area contributed by atoms with Crippen LogP contribution in [0, 0.1) is 12.8 Å². The first-order chi connectivity index (χ1) is 7.16. The molecule has 1 aromatic carbocycles. The lowest BCUT2D eigenvalue weighted by Crippen LogP contribution is -2.27. The molecule has 0 bridgehead atoms. The summed E-state index contributed by atoms with van der Waals surface area (Å²) in [5, 5.41) is 4.42. The molecule has 0 aliphatic heterocycles. The highest BCUT2D eigenvalue weighted by molar-refractivity contribution is 6.31. The van der Waals surface area contributed by atoms with Crippen molar-refractivity contribution in [2.24, 2.45) is 5.92 Å². The smallest absolute Gasteiger partial charge is 0.0453 e. The van der Waals surface area contributed by atoms with Gasteiger partial charge in [-0.1, -0.05) is 23.7 Å². The third kappa shape index (κ3) is 2.96. The topological polar surface area (TPSA) is 12.0 Å². The molecule has 0 heterocycles. The van der Waals surface area contributed by atoms with E-state index in [2.05, 4.69) is 31.3 Å². The van der Waals surface area contributed by atoms with Crippen LogP contribution in [-0.4, -0.2) is 6.04 Å². The molecule has 1 aliphatic carbocycles. The SMILES string of the molecule is Cc1ccc(CNC(C)C2CC2)c(Cl)c1. The van der Waals surface area contributed by atoms with Crippen LogP contribution in [-0.2, 0) is 6.54 Å². The molecule has 1 saturated carbocycles. The lowest BCUT2D eigenvalue weighted by atomic mass is 10.1. The summed E-state index contributed by atoms with van der Waals surface area (Å²) in [5.74, 6) is 0.897. The Hall–Kier alpha value is -0.530. The van der Waals surface area contributed by atoms with Crippen LogP contribution in [0.1, 0.15) is 30.9 Å². The number of nitrogens with one attached hydrogen (secondary N) is 1. The molecule has 2 rings (SSSR count). The molecule has 1 aromatic rings. The van der Waals surface area contributed by atoms with E-state index in [9.17, 15) is 0 Å². The van der Waals surface area contributed by atoms with Crippen molar-refractivity contribution >= 4 is 11.6 Å². The van der Waals surface area contributed by atoms with E-state index in [1.807, 2.05) is 6.07 Å². The highest BCUT2D eigenvalue weighted by Crippen LogP contribution is 2.32. The van der Waals surface area contributed by atoms with Gasteiger partial charge in [0.1, 0.15) is 0 Å². The minimum Gasteiger partial charge on any atom is -0.310 e. The van der Waals surface area contributed by atoms with Gasteiger partial charge in [0.2, 0.25) is 0 Å². The predicted molar refractivity (Wildman–Crippen MR) is 65.2 cm³/mol. The second kappa shape index (κ2) is 4.54. The zero-order valence-corrected chi connectivity index (χ0v) is 10.1. The molecule has 0 amide bonds. The first-order valence-electron chi connectivity index (χ1n) is 5.65. The minimum absolute atomic E-state index is 0.627. The summed E-state index contributed by atoms with van der Waals surface area (Å²) in [5.41, 5.74) is 2.42. The lowest BCUT2D eigenvalue weighted by Gasteiger charge is -2.13. The van der Waals surface area contributed by atoms with Crippen LogP contribution in [0.25, 0.3) is 0 Å². The molecule has 82 valence electrons. The van der Waals surface area contributed by atoms with E-state index in [1.165, 1.54) is 24.0 Å². The van der Waals surface area contributed by atoms with Crippen molar-refractivity contribution in [3.05, 3.63) is 34.3 Å². The van der Waals surface area contributed by atoms with Crippen LogP contribution in [0.5, 0.6) is 0 Å². The van der Waals surface area contributed by atoms with Crippen molar-refractivity contribution in [1.29, 1.82) is 0 Å². The molecule has 0 aromatic heterocycles. The van der Waals surface area contributed by atoms with Crippen molar-refractivity contribution in [2.75, 3.05) is 0 Å². The van der Waals surface area contributed by atoms with Crippen LogP contribution in [0.2, 0.25) is 5.02 Å². The van der Waals surface area contributed by atoms with Gasteiger partial charge in [-0.3, -0.25) is 0 Å². The first-order valence-corrected chi connectivity index (χ1v) is 6.03. The van der Waals surface area contributed by atoms with Crippen molar-refractivity contribution in [3.8, 4) is 0 Å². The molecular weight excluding hydrogens is 206 g/mol. The summed E-state index contributed by atoms with van der Waals surface area (Å²) in [6, 6.07) is 6.89. The van der Waals surface area contributed by atoms with Gasteiger partial charge in [-0.2, -0.15) is 0 Å². The Bertz CT molecular complexity index is 344. The standard InChI is InChI=1S/C13H18ClN/c1-9-3-4-12(13(14)7-9)8-15-10(2)11-5-6-11/h3-4,7,10-11,15H,5-6,8H2,1-2H3. The van der Waals surface area contributed by atoms with E-state index in [1.54, 1.807) is 0 Å². The van der Waals surface area contributed by atoms with E-state index >= 15 is 0 Å². The lowest BCUT2D eigenvalue weighted by molar-refractivity contribution is 0.496. The number of aryl methyl sites for hydroxylation is 1. The number of hydrogen-bond donors (Lipinski definition) is 1. The molecule has 1 nitrogen and oxygen atoms in total. The fourth-order valence-electron chi connectivity index (χ4n) is 1.83. The highest BCUT2D eigenvalue weighted by atomic mass is 35.5. The average Bonchev–Trinajstić information content (AvgIpc) is 2.99. The second-order valence-electron chi connectivity index (χ2n) is 4.60. The van der Waals surface area contributed by atoms with Crippen molar-refractivity contribution in [2.45, 2.75) is 39.3 Å². The summed E-state index contributed by atoms with van der Waals surface area (Å²) in [7, 11) is 0. The van der Waals surface area contributed by atoms with E-state index in [-0.39, 0.29) is 0 Å². The van der Waals surface area contributed by atoms with E-state index in [4.69, 9.17) is 11.6 Å². The Labute approximate surface area is 96.8 Å². The molecule has 1 N–H and O–H groups in total. The predicted octanol–water partition coefficient (Wildman–Crippen LogP) is 3.54. The third-order valence-corrected chi connectivity index (χ3v) is 3.50. The van der Waals surface area contributed by atoms with Gasteiger partial charge in [0.25, 0.3) is 0 Å². The van der Waals surface area contributed by atoms with Gasteiger partial charge >= 0.3 is 0 Å².